The molecule has 6 heteroatoms. The summed E-state index contributed by atoms with van der Waals surface area (Å²) in [6, 6.07) is 3.17. The maximum atomic E-state index is 12.5. The number of amides is 2. The lowest BCUT2D eigenvalue weighted by Gasteiger charge is -2.35. The molecule has 2 N–H and O–H groups in total. The number of aryl methyl sites for hydroxylation is 1. The van der Waals surface area contributed by atoms with Gasteiger partial charge in [-0.2, -0.15) is 0 Å². The molecule has 1 aromatic rings. The van der Waals surface area contributed by atoms with Gasteiger partial charge in [0.2, 0.25) is 5.91 Å². The van der Waals surface area contributed by atoms with E-state index in [0.717, 1.165) is 0 Å². The molecule has 1 aromatic heterocycles. The first-order valence-corrected chi connectivity index (χ1v) is 6.56. The molecule has 0 aliphatic carbocycles. The zero-order valence-corrected chi connectivity index (χ0v) is 11.3. The molecule has 1 saturated heterocycles. The van der Waals surface area contributed by atoms with Gasteiger partial charge in [-0.05, 0) is 19.1 Å². The van der Waals surface area contributed by atoms with E-state index in [2.05, 4.69) is 10.6 Å². The zero-order chi connectivity index (χ0) is 13.8. The molecule has 1 aliphatic rings. The molecular formula is C13H20N4O2. The van der Waals surface area contributed by atoms with Gasteiger partial charge in [-0.1, -0.05) is 0 Å². The summed E-state index contributed by atoms with van der Waals surface area (Å²) >= 11 is 0. The van der Waals surface area contributed by atoms with Crippen molar-refractivity contribution in [2.45, 2.75) is 13.0 Å². The molecule has 1 fully saturated rings. The molecule has 0 aromatic carbocycles. The minimum atomic E-state index is -0.434. The van der Waals surface area contributed by atoms with Gasteiger partial charge in [-0.15, -0.1) is 0 Å². The first kappa shape index (κ1) is 13.6. The smallest absolute Gasteiger partial charge is 0.271 e. The van der Waals surface area contributed by atoms with Gasteiger partial charge in [0.1, 0.15) is 11.7 Å². The summed E-state index contributed by atoms with van der Waals surface area (Å²) in [4.78, 5) is 26.2. The number of rotatable bonds is 3. The van der Waals surface area contributed by atoms with Crippen LogP contribution >= 0.6 is 0 Å². The normalized spacial score (nSPS) is 19.3. The molecule has 104 valence electrons. The van der Waals surface area contributed by atoms with Gasteiger partial charge >= 0.3 is 0 Å². The average molecular weight is 264 g/mol. The number of carbonyl (C=O) groups is 2. The Kier molecular flexibility index (Phi) is 4.21. The molecule has 0 saturated carbocycles. The largest absolute Gasteiger partial charge is 0.355 e. The van der Waals surface area contributed by atoms with E-state index < -0.39 is 6.04 Å². The summed E-state index contributed by atoms with van der Waals surface area (Å²) in [5, 5.41) is 5.94. The molecular weight excluding hydrogens is 244 g/mol. The molecule has 19 heavy (non-hydrogen) atoms. The van der Waals surface area contributed by atoms with Crippen molar-refractivity contribution in [3.05, 3.63) is 24.0 Å². The van der Waals surface area contributed by atoms with Crippen molar-refractivity contribution in [3.63, 3.8) is 0 Å². The van der Waals surface area contributed by atoms with Gasteiger partial charge in [-0.3, -0.25) is 9.59 Å². The highest BCUT2D eigenvalue weighted by Crippen LogP contribution is 2.11. The Morgan fingerprint density at radius 1 is 1.53 bits per heavy atom. The lowest BCUT2D eigenvalue weighted by molar-refractivity contribution is -0.126. The number of nitrogens with one attached hydrogen (secondary N) is 2. The monoisotopic (exact) mass is 264 g/mol. The Morgan fingerprint density at radius 2 is 2.32 bits per heavy atom. The Labute approximate surface area is 112 Å². The van der Waals surface area contributed by atoms with Gasteiger partial charge in [0.25, 0.3) is 5.91 Å². The van der Waals surface area contributed by atoms with Crippen LogP contribution in [0.3, 0.4) is 0 Å². The van der Waals surface area contributed by atoms with Crippen molar-refractivity contribution < 1.29 is 9.59 Å². The maximum absolute atomic E-state index is 12.5. The molecule has 2 rings (SSSR count). The highest BCUT2D eigenvalue weighted by atomic mass is 16.2. The van der Waals surface area contributed by atoms with Gasteiger partial charge < -0.3 is 20.1 Å². The Balaban J connectivity index is 2.18. The number of nitrogens with zero attached hydrogens (tertiary/aromatic N) is 2. The van der Waals surface area contributed by atoms with Crippen molar-refractivity contribution in [2.24, 2.45) is 7.05 Å². The van der Waals surface area contributed by atoms with Crippen LogP contribution < -0.4 is 10.6 Å². The van der Waals surface area contributed by atoms with Crippen LogP contribution in [0, 0.1) is 0 Å². The van der Waals surface area contributed by atoms with E-state index in [0.29, 0.717) is 31.9 Å². The van der Waals surface area contributed by atoms with Crippen molar-refractivity contribution in [1.82, 2.24) is 20.1 Å². The highest BCUT2D eigenvalue weighted by molar-refractivity contribution is 5.96. The molecule has 0 spiro atoms. The van der Waals surface area contributed by atoms with E-state index in [9.17, 15) is 9.59 Å². The molecule has 6 nitrogen and oxygen atoms in total. The van der Waals surface area contributed by atoms with E-state index in [-0.39, 0.29) is 11.8 Å². The molecule has 1 aliphatic heterocycles. The second-order valence-electron chi connectivity index (χ2n) is 4.62. The topological polar surface area (TPSA) is 66.4 Å². The minimum Gasteiger partial charge on any atom is -0.355 e. The maximum Gasteiger partial charge on any atom is 0.271 e. The van der Waals surface area contributed by atoms with Crippen molar-refractivity contribution in [2.75, 3.05) is 26.2 Å². The summed E-state index contributed by atoms with van der Waals surface area (Å²) in [6.45, 7) is 4.21. The summed E-state index contributed by atoms with van der Waals surface area (Å²) < 4.78 is 1.78. The highest BCUT2D eigenvalue weighted by Gasteiger charge is 2.32. The third kappa shape index (κ3) is 2.78. The van der Waals surface area contributed by atoms with E-state index >= 15 is 0 Å². The number of carbonyl (C=O) groups excluding carboxylic acids is 2. The Bertz CT molecular complexity index is 469. The fourth-order valence-corrected chi connectivity index (χ4v) is 2.30. The summed E-state index contributed by atoms with van der Waals surface area (Å²) in [5.74, 6) is -0.192. The SMILES string of the molecule is CCNC(=O)C1CNCCN1C(=O)c1cccn1C. The zero-order valence-electron chi connectivity index (χ0n) is 11.3. The summed E-state index contributed by atoms with van der Waals surface area (Å²) in [5.41, 5.74) is 0.608. The predicted octanol–water partition coefficient (Wildman–Crippen LogP) is -0.425. The molecule has 0 radical (unpaired) electrons. The fourth-order valence-electron chi connectivity index (χ4n) is 2.30. The third-order valence-corrected chi connectivity index (χ3v) is 3.32. The molecule has 2 amide bonds. The third-order valence-electron chi connectivity index (χ3n) is 3.32. The van der Waals surface area contributed by atoms with E-state index in [1.54, 1.807) is 15.5 Å². The van der Waals surface area contributed by atoms with Crippen molar-refractivity contribution in [3.8, 4) is 0 Å². The second kappa shape index (κ2) is 5.88. The van der Waals surface area contributed by atoms with Crippen molar-refractivity contribution >= 4 is 11.8 Å². The number of piperazine rings is 1. The first-order chi connectivity index (χ1) is 9.15. The molecule has 1 unspecified atom stereocenters. The van der Waals surface area contributed by atoms with Crippen LogP contribution in [0.1, 0.15) is 17.4 Å². The standard InChI is InChI=1S/C13H20N4O2/c1-3-15-12(18)11-9-14-6-8-17(11)13(19)10-5-4-7-16(10)2/h4-5,7,11,14H,3,6,8-9H2,1-2H3,(H,15,18). The van der Waals surface area contributed by atoms with Gasteiger partial charge in [0.15, 0.2) is 0 Å². The average Bonchev–Trinajstić information content (AvgIpc) is 2.84. The molecule has 0 bridgehead atoms. The van der Waals surface area contributed by atoms with Crippen LogP contribution in [0.25, 0.3) is 0 Å². The molecule has 2 heterocycles. The number of hydrogen-bond donors (Lipinski definition) is 2. The van der Waals surface area contributed by atoms with Gasteiger partial charge in [-0.25, -0.2) is 0 Å². The fraction of sp³-hybridized carbons (Fsp3) is 0.538. The summed E-state index contributed by atoms with van der Waals surface area (Å²) in [7, 11) is 1.83. The predicted molar refractivity (Wildman–Crippen MR) is 71.8 cm³/mol. The minimum absolute atomic E-state index is 0.0924. The van der Waals surface area contributed by atoms with E-state index in [1.165, 1.54) is 0 Å². The van der Waals surface area contributed by atoms with Gasteiger partial charge in [0.05, 0.1) is 0 Å². The lowest BCUT2D eigenvalue weighted by Crippen LogP contribution is -2.59. The van der Waals surface area contributed by atoms with E-state index in [1.807, 2.05) is 26.2 Å². The Hall–Kier alpha value is -1.82. The van der Waals surface area contributed by atoms with Crippen LogP contribution in [-0.2, 0) is 11.8 Å². The Morgan fingerprint density at radius 3 is 2.95 bits per heavy atom. The second-order valence-corrected chi connectivity index (χ2v) is 4.62. The number of aromatic nitrogens is 1. The number of hydrogen-bond acceptors (Lipinski definition) is 3. The first-order valence-electron chi connectivity index (χ1n) is 6.56. The van der Waals surface area contributed by atoms with Crippen LogP contribution in [0.2, 0.25) is 0 Å². The van der Waals surface area contributed by atoms with Crippen LogP contribution in [0.5, 0.6) is 0 Å². The van der Waals surface area contributed by atoms with E-state index in [4.69, 9.17) is 0 Å². The molecule has 1 atom stereocenters. The van der Waals surface area contributed by atoms with Crippen LogP contribution in [0.15, 0.2) is 18.3 Å². The lowest BCUT2D eigenvalue weighted by atomic mass is 10.1. The summed E-state index contributed by atoms with van der Waals surface area (Å²) in [6.07, 6.45) is 1.83. The van der Waals surface area contributed by atoms with Crippen molar-refractivity contribution in [1.29, 1.82) is 0 Å². The van der Waals surface area contributed by atoms with Crippen LogP contribution in [-0.4, -0.2) is 53.5 Å². The quantitative estimate of drug-likeness (QED) is 0.779. The number of likely N-dealkylation sites (N-methyl/N-ethyl adjacent to an activating group) is 1. The van der Waals surface area contributed by atoms with Gasteiger partial charge in [0, 0.05) is 39.4 Å². The van der Waals surface area contributed by atoms with Crippen LogP contribution in [0.4, 0.5) is 0 Å².